The molecule has 0 aromatic heterocycles. The summed E-state index contributed by atoms with van der Waals surface area (Å²) in [5.41, 5.74) is 0.611. The quantitative estimate of drug-likeness (QED) is 0.131. The van der Waals surface area contributed by atoms with Crippen molar-refractivity contribution in [1.29, 1.82) is 0 Å². The highest BCUT2D eigenvalue weighted by molar-refractivity contribution is 6.42. The molecule has 2 N–H and O–H groups in total. The summed E-state index contributed by atoms with van der Waals surface area (Å²) in [5.74, 6) is -2.43. The van der Waals surface area contributed by atoms with Gasteiger partial charge in [-0.15, -0.1) is 11.6 Å². The highest BCUT2D eigenvalue weighted by atomic mass is 35.5. The Kier molecular flexibility index (Phi) is 10.8. The minimum Gasteiger partial charge on any atom is -0.508 e. The normalized spacial score (nSPS) is 10.1. The molecule has 0 saturated heterocycles. The number of ketones is 1. The Morgan fingerprint density at radius 2 is 1.48 bits per heavy atom. The number of alkyl halides is 1. The number of phenolic OH excluding ortho intramolecular Hbond substituents is 2. The van der Waals surface area contributed by atoms with Crippen LogP contribution >= 0.6 is 11.6 Å². The zero-order valence-electron chi connectivity index (χ0n) is 16.0. The van der Waals surface area contributed by atoms with Crippen molar-refractivity contribution in [2.75, 3.05) is 5.88 Å². The topological polar surface area (TPSA) is 101 Å². The molecule has 2 rings (SSSR count). The maximum Gasteiger partial charge on any atom is 0.387 e. The molecule has 29 heavy (non-hydrogen) atoms. The Morgan fingerprint density at radius 1 is 0.931 bits per heavy atom. The largest absolute Gasteiger partial charge is 0.508 e. The van der Waals surface area contributed by atoms with Gasteiger partial charge in [0.2, 0.25) is 0 Å². The number of rotatable bonds is 7. The number of hydrogen-bond acceptors (Lipinski definition) is 6. The molecule has 154 valence electrons. The highest BCUT2D eigenvalue weighted by Gasteiger charge is 2.20. The molecule has 0 atom stereocenters. The Balaban J connectivity index is 0.000000612. The number of halogens is 1. The smallest absolute Gasteiger partial charge is 0.387 e. The van der Waals surface area contributed by atoms with Gasteiger partial charge in [-0.3, -0.25) is 4.79 Å². The van der Waals surface area contributed by atoms with Crippen LogP contribution in [0.3, 0.4) is 0 Å². The number of phenols is 2. The zero-order chi connectivity index (χ0) is 21.6. The molecule has 0 spiro atoms. The molecule has 0 saturated carbocycles. The van der Waals surface area contributed by atoms with Crippen LogP contribution in [0, 0.1) is 0 Å². The predicted molar refractivity (Wildman–Crippen MR) is 111 cm³/mol. The van der Waals surface area contributed by atoms with Gasteiger partial charge in [-0.1, -0.05) is 31.9 Å². The van der Waals surface area contributed by atoms with Crippen molar-refractivity contribution in [3.63, 3.8) is 0 Å². The van der Waals surface area contributed by atoms with Crippen molar-refractivity contribution in [3.05, 3.63) is 65.7 Å². The lowest BCUT2D eigenvalue weighted by atomic mass is 10.1. The first-order valence-electron chi connectivity index (χ1n) is 9.00. The van der Waals surface area contributed by atoms with E-state index in [1.165, 1.54) is 61.7 Å². The number of unbranched alkanes of at least 4 members (excludes halogenated alkanes) is 2. The van der Waals surface area contributed by atoms with E-state index in [0.717, 1.165) is 12.0 Å². The first kappa shape index (κ1) is 23.9. The van der Waals surface area contributed by atoms with Crippen molar-refractivity contribution >= 4 is 35.4 Å². The van der Waals surface area contributed by atoms with Crippen LogP contribution in [0.1, 0.15) is 42.1 Å². The number of esters is 2. The van der Waals surface area contributed by atoms with Gasteiger partial charge >= 0.3 is 11.9 Å². The molecule has 0 radical (unpaired) electrons. The van der Waals surface area contributed by atoms with E-state index in [-0.39, 0.29) is 17.1 Å². The summed E-state index contributed by atoms with van der Waals surface area (Å²) >= 11 is 5.38. The maximum atomic E-state index is 11.7. The number of Topliss-reactive ketones (excluding diaryl/α,β-unsaturated/α-hetero) is 1. The van der Waals surface area contributed by atoms with Gasteiger partial charge in [0.15, 0.2) is 0 Å². The fraction of sp³-hybridized carbons (Fsp3) is 0.227. The van der Waals surface area contributed by atoms with E-state index in [9.17, 15) is 14.4 Å². The Bertz CT molecular complexity index is 821. The lowest BCUT2D eigenvalue weighted by Gasteiger charge is -2.00. The fourth-order valence-corrected chi connectivity index (χ4v) is 2.19. The van der Waals surface area contributed by atoms with Crippen molar-refractivity contribution in [2.24, 2.45) is 0 Å². The third-order valence-electron chi connectivity index (χ3n) is 3.55. The monoisotopic (exact) mass is 418 g/mol. The molecule has 0 aliphatic rings. The molecule has 2 aromatic rings. The molecule has 0 aliphatic heterocycles. The molecule has 0 bridgehead atoms. The summed E-state index contributed by atoms with van der Waals surface area (Å²) < 4.78 is 4.42. The van der Waals surface area contributed by atoms with Gasteiger partial charge in [0.1, 0.15) is 11.5 Å². The minimum absolute atomic E-state index is 0.00288. The van der Waals surface area contributed by atoms with Crippen LogP contribution in [-0.2, 0) is 14.3 Å². The summed E-state index contributed by atoms with van der Waals surface area (Å²) in [6, 6.07) is 11.0. The summed E-state index contributed by atoms with van der Waals surface area (Å²) in [6.45, 7) is 2.17. The number of benzene rings is 2. The van der Waals surface area contributed by atoms with Crippen LogP contribution < -0.4 is 0 Å². The molecule has 6 nitrogen and oxygen atoms in total. The van der Waals surface area contributed by atoms with Gasteiger partial charge in [-0.25, -0.2) is 9.59 Å². The van der Waals surface area contributed by atoms with Crippen LogP contribution in [0.15, 0.2) is 54.6 Å². The maximum absolute atomic E-state index is 11.7. The van der Waals surface area contributed by atoms with Gasteiger partial charge in [-0.05, 0) is 54.5 Å². The summed E-state index contributed by atoms with van der Waals surface area (Å²) in [4.78, 5) is 34.8. The number of hydrogen-bond donors (Lipinski definition) is 2. The van der Waals surface area contributed by atoms with Gasteiger partial charge in [0.25, 0.3) is 5.78 Å². The number of aromatic hydroxyl groups is 2. The molecule has 0 fully saturated rings. The van der Waals surface area contributed by atoms with Crippen molar-refractivity contribution < 1.29 is 29.3 Å². The fourth-order valence-electron chi connectivity index (χ4n) is 2.00. The van der Waals surface area contributed by atoms with Gasteiger partial charge in [0.05, 0.1) is 0 Å². The molecule has 2 aromatic carbocycles. The van der Waals surface area contributed by atoms with Crippen LogP contribution in [0.2, 0.25) is 0 Å². The standard InChI is InChI=1S/C17H12O6.C5H11Cl/c18-13-6-1-11(2-7-13)3-10-15(20)23-17(22)16(21)12-4-8-14(19)9-5-12;1-2-3-4-5-6/h1-10,18-19H;2-5H2,1H3. The van der Waals surface area contributed by atoms with E-state index in [2.05, 4.69) is 11.7 Å². The van der Waals surface area contributed by atoms with Gasteiger partial charge in [-0.2, -0.15) is 0 Å². The van der Waals surface area contributed by atoms with E-state index in [1.807, 2.05) is 0 Å². The molecule has 0 aliphatic carbocycles. The molecular weight excluding hydrogens is 396 g/mol. The first-order chi connectivity index (χ1) is 13.9. The summed E-state index contributed by atoms with van der Waals surface area (Å²) in [7, 11) is 0. The average molecular weight is 419 g/mol. The van der Waals surface area contributed by atoms with Crippen LogP contribution in [0.5, 0.6) is 11.5 Å². The lowest BCUT2D eigenvalue weighted by Crippen LogP contribution is -2.20. The Hall–Kier alpha value is -3.12. The highest BCUT2D eigenvalue weighted by Crippen LogP contribution is 2.12. The second-order valence-electron chi connectivity index (χ2n) is 5.91. The van der Waals surface area contributed by atoms with E-state index in [4.69, 9.17) is 21.8 Å². The number of carbonyl (C=O) groups is 3. The van der Waals surface area contributed by atoms with Crippen molar-refractivity contribution in [1.82, 2.24) is 0 Å². The Labute approximate surface area is 174 Å². The first-order valence-corrected chi connectivity index (χ1v) is 9.53. The molecule has 0 heterocycles. The van der Waals surface area contributed by atoms with Crippen LogP contribution in [-0.4, -0.2) is 33.8 Å². The predicted octanol–water partition coefficient (Wildman–Crippen LogP) is 4.48. The SMILES string of the molecule is CCCCCCl.O=C(C=Cc1ccc(O)cc1)OC(=O)C(=O)c1ccc(O)cc1. The minimum atomic E-state index is -1.31. The average Bonchev–Trinajstić information content (AvgIpc) is 2.72. The van der Waals surface area contributed by atoms with Crippen LogP contribution in [0.4, 0.5) is 0 Å². The van der Waals surface area contributed by atoms with Gasteiger partial charge in [0, 0.05) is 17.5 Å². The molecular formula is C22H23ClO6. The number of ether oxygens (including phenoxy) is 1. The second kappa shape index (κ2) is 13.1. The third kappa shape index (κ3) is 9.58. The summed E-state index contributed by atoms with van der Waals surface area (Å²) in [5, 5.41) is 18.2. The van der Waals surface area contributed by atoms with E-state index in [0.29, 0.717) is 5.56 Å². The van der Waals surface area contributed by atoms with E-state index in [1.54, 1.807) is 12.1 Å². The molecule has 0 amide bonds. The zero-order valence-corrected chi connectivity index (χ0v) is 16.8. The van der Waals surface area contributed by atoms with E-state index < -0.39 is 17.7 Å². The van der Waals surface area contributed by atoms with Crippen molar-refractivity contribution in [2.45, 2.75) is 26.2 Å². The van der Waals surface area contributed by atoms with Crippen LogP contribution in [0.25, 0.3) is 6.08 Å². The lowest BCUT2D eigenvalue weighted by molar-refractivity contribution is -0.152. The van der Waals surface area contributed by atoms with E-state index >= 15 is 0 Å². The second-order valence-corrected chi connectivity index (χ2v) is 6.28. The number of carbonyl (C=O) groups excluding carboxylic acids is 3. The van der Waals surface area contributed by atoms with Crippen molar-refractivity contribution in [3.8, 4) is 11.5 Å². The van der Waals surface area contributed by atoms with Gasteiger partial charge < -0.3 is 14.9 Å². The summed E-state index contributed by atoms with van der Waals surface area (Å²) in [6.07, 6.45) is 6.10. The molecule has 7 heteroatoms. The third-order valence-corrected chi connectivity index (χ3v) is 3.82. The Morgan fingerprint density at radius 3 is 1.97 bits per heavy atom. The molecule has 0 unspecified atom stereocenters.